The van der Waals surface area contributed by atoms with E-state index in [-0.39, 0.29) is 22.3 Å². The zero-order chi connectivity index (χ0) is 23.1. The number of sulfonamides is 1. The van der Waals surface area contributed by atoms with Crippen LogP contribution in [0.1, 0.15) is 48.3 Å². The summed E-state index contributed by atoms with van der Waals surface area (Å²) in [5.74, 6) is 1.40. The van der Waals surface area contributed by atoms with Crippen LogP contribution in [-0.2, 0) is 16.4 Å². The molecule has 0 fully saturated rings. The largest absolute Gasteiger partial charge is 0.495 e. The SMILES string of the molecule is COc1ccccc1NS(=O)(=O)c1cccc(C(=O)NCCCc2nc(C(C)C)no2)c1. The minimum atomic E-state index is -3.91. The second kappa shape index (κ2) is 10.3. The van der Waals surface area contributed by atoms with Gasteiger partial charge in [0.15, 0.2) is 5.82 Å². The number of para-hydroxylation sites is 2. The molecular weight excluding hydrogens is 432 g/mol. The Morgan fingerprint density at radius 3 is 2.66 bits per heavy atom. The molecule has 1 aromatic heterocycles. The van der Waals surface area contributed by atoms with E-state index in [1.807, 2.05) is 13.8 Å². The highest BCUT2D eigenvalue weighted by molar-refractivity contribution is 7.92. The number of nitrogens with zero attached hydrogens (tertiary/aromatic N) is 2. The number of carbonyl (C=O) groups is 1. The van der Waals surface area contributed by atoms with Crippen LogP contribution >= 0.6 is 0 Å². The van der Waals surface area contributed by atoms with Crippen LogP contribution in [0.25, 0.3) is 0 Å². The molecule has 0 radical (unpaired) electrons. The van der Waals surface area contributed by atoms with Crippen molar-refractivity contribution in [1.82, 2.24) is 15.5 Å². The molecule has 0 bridgehead atoms. The van der Waals surface area contributed by atoms with E-state index >= 15 is 0 Å². The Labute approximate surface area is 187 Å². The van der Waals surface area contributed by atoms with Crippen LogP contribution in [0, 0.1) is 0 Å². The average molecular weight is 459 g/mol. The summed E-state index contributed by atoms with van der Waals surface area (Å²) in [6, 6.07) is 12.5. The molecule has 0 aliphatic carbocycles. The van der Waals surface area contributed by atoms with Crippen molar-refractivity contribution >= 4 is 21.6 Å². The van der Waals surface area contributed by atoms with Gasteiger partial charge in [0.1, 0.15) is 5.75 Å². The van der Waals surface area contributed by atoms with E-state index < -0.39 is 10.0 Å². The molecule has 1 heterocycles. The van der Waals surface area contributed by atoms with Crippen molar-refractivity contribution in [2.24, 2.45) is 0 Å². The first-order valence-electron chi connectivity index (χ1n) is 10.2. The van der Waals surface area contributed by atoms with Crippen LogP contribution in [0.15, 0.2) is 57.9 Å². The first-order chi connectivity index (χ1) is 15.3. The second-order valence-corrected chi connectivity index (χ2v) is 9.08. The predicted octanol–water partition coefficient (Wildman–Crippen LogP) is 3.37. The topological polar surface area (TPSA) is 123 Å². The molecule has 0 atom stereocenters. The number of methoxy groups -OCH3 is 1. The molecule has 0 saturated carbocycles. The molecule has 9 nitrogen and oxygen atoms in total. The number of hydrogen-bond donors (Lipinski definition) is 2. The van der Waals surface area contributed by atoms with Crippen molar-refractivity contribution < 1.29 is 22.5 Å². The summed E-state index contributed by atoms with van der Waals surface area (Å²) in [7, 11) is -2.45. The normalized spacial score (nSPS) is 11.4. The van der Waals surface area contributed by atoms with Gasteiger partial charge >= 0.3 is 0 Å². The molecule has 2 N–H and O–H groups in total. The van der Waals surface area contributed by atoms with Gasteiger partial charge in [-0.3, -0.25) is 9.52 Å². The van der Waals surface area contributed by atoms with E-state index in [1.54, 1.807) is 30.3 Å². The zero-order valence-electron chi connectivity index (χ0n) is 18.2. The molecular formula is C22H26N4O5S. The fourth-order valence-corrected chi connectivity index (χ4v) is 4.00. The highest BCUT2D eigenvalue weighted by atomic mass is 32.2. The monoisotopic (exact) mass is 458 g/mol. The van der Waals surface area contributed by atoms with Crippen LogP contribution in [0.5, 0.6) is 5.75 Å². The van der Waals surface area contributed by atoms with Gasteiger partial charge in [0.2, 0.25) is 5.89 Å². The molecule has 0 saturated heterocycles. The van der Waals surface area contributed by atoms with Gasteiger partial charge in [-0.1, -0.05) is 37.2 Å². The van der Waals surface area contributed by atoms with Crippen molar-refractivity contribution in [2.45, 2.75) is 37.5 Å². The zero-order valence-corrected chi connectivity index (χ0v) is 19.0. The second-order valence-electron chi connectivity index (χ2n) is 7.39. The highest BCUT2D eigenvalue weighted by Crippen LogP contribution is 2.26. The number of benzene rings is 2. The summed E-state index contributed by atoms with van der Waals surface area (Å²) in [6.07, 6.45) is 1.15. The first-order valence-corrected chi connectivity index (χ1v) is 11.6. The van der Waals surface area contributed by atoms with E-state index in [0.717, 1.165) is 0 Å². The van der Waals surface area contributed by atoms with Gasteiger partial charge in [0.25, 0.3) is 15.9 Å². The highest BCUT2D eigenvalue weighted by Gasteiger charge is 2.18. The molecule has 2 aromatic carbocycles. The Balaban J connectivity index is 1.60. The lowest BCUT2D eigenvalue weighted by Crippen LogP contribution is -2.25. The third-order valence-electron chi connectivity index (χ3n) is 4.61. The first kappa shape index (κ1) is 23.3. The maximum atomic E-state index is 12.8. The Hall–Kier alpha value is -3.40. The van der Waals surface area contributed by atoms with Crippen molar-refractivity contribution in [2.75, 3.05) is 18.4 Å². The predicted molar refractivity (Wildman–Crippen MR) is 119 cm³/mol. The summed E-state index contributed by atoms with van der Waals surface area (Å²) in [5.41, 5.74) is 0.555. The number of aryl methyl sites for hydroxylation is 1. The van der Waals surface area contributed by atoms with Gasteiger partial charge in [0, 0.05) is 24.4 Å². The van der Waals surface area contributed by atoms with Crippen LogP contribution in [0.3, 0.4) is 0 Å². The number of nitrogens with one attached hydrogen (secondary N) is 2. The smallest absolute Gasteiger partial charge is 0.262 e. The molecule has 0 aliphatic rings. The standard InChI is InChI=1S/C22H26N4O5S/c1-15(2)21-24-20(31-25-21)12-7-13-23-22(27)16-8-6-9-17(14-16)32(28,29)26-18-10-4-5-11-19(18)30-3/h4-6,8-11,14-15,26H,7,12-13H2,1-3H3,(H,23,27). The van der Waals surface area contributed by atoms with Gasteiger partial charge in [-0.2, -0.15) is 4.98 Å². The number of amides is 1. The summed E-state index contributed by atoms with van der Waals surface area (Å²) >= 11 is 0. The van der Waals surface area contributed by atoms with Crippen molar-refractivity contribution in [3.05, 3.63) is 65.8 Å². The fraction of sp³-hybridized carbons (Fsp3) is 0.318. The Bertz CT molecular complexity index is 1170. The molecule has 32 heavy (non-hydrogen) atoms. The molecule has 3 rings (SSSR count). The fourth-order valence-electron chi connectivity index (χ4n) is 2.88. The molecule has 1 amide bonds. The maximum Gasteiger partial charge on any atom is 0.262 e. The maximum absolute atomic E-state index is 12.8. The van der Waals surface area contributed by atoms with E-state index in [1.165, 1.54) is 25.3 Å². The van der Waals surface area contributed by atoms with Crippen LogP contribution in [-0.4, -0.2) is 38.1 Å². The number of carbonyl (C=O) groups excluding carboxylic acids is 1. The quantitative estimate of drug-likeness (QED) is 0.447. The minimum Gasteiger partial charge on any atom is -0.495 e. The molecule has 0 unspecified atom stereocenters. The molecule has 3 aromatic rings. The molecule has 170 valence electrons. The van der Waals surface area contributed by atoms with Crippen molar-refractivity contribution in [3.63, 3.8) is 0 Å². The average Bonchev–Trinajstić information content (AvgIpc) is 3.26. The molecule has 0 spiro atoms. The van der Waals surface area contributed by atoms with Gasteiger partial charge in [0.05, 0.1) is 17.7 Å². The van der Waals surface area contributed by atoms with E-state index in [0.29, 0.717) is 42.5 Å². The number of anilines is 1. The lowest BCUT2D eigenvalue weighted by Gasteiger charge is -2.12. The third kappa shape index (κ3) is 5.85. The molecule has 10 heteroatoms. The number of rotatable bonds is 10. The summed E-state index contributed by atoms with van der Waals surface area (Å²) in [4.78, 5) is 16.8. The summed E-state index contributed by atoms with van der Waals surface area (Å²) in [5, 5.41) is 6.69. The summed E-state index contributed by atoms with van der Waals surface area (Å²) in [6.45, 7) is 4.35. The van der Waals surface area contributed by atoms with Gasteiger partial charge < -0.3 is 14.6 Å². The minimum absolute atomic E-state index is 0.0249. The van der Waals surface area contributed by atoms with E-state index in [2.05, 4.69) is 20.2 Å². The van der Waals surface area contributed by atoms with E-state index in [4.69, 9.17) is 9.26 Å². The van der Waals surface area contributed by atoms with Crippen LogP contribution in [0.4, 0.5) is 5.69 Å². The van der Waals surface area contributed by atoms with Crippen molar-refractivity contribution in [1.29, 1.82) is 0 Å². The van der Waals surface area contributed by atoms with Crippen LogP contribution in [0.2, 0.25) is 0 Å². The van der Waals surface area contributed by atoms with E-state index in [9.17, 15) is 13.2 Å². The van der Waals surface area contributed by atoms with Gasteiger partial charge in [-0.15, -0.1) is 0 Å². The number of aromatic nitrogens is 2. The Morgan fingerprint density at radius 2 is 1.94 bits per heavy atom. The lowest BCUT2D eigenvalue weighted by atomic mass is 10.2. The third-order valence-corrected chi connectivity index (χ3v) is 5.97. The molecule has 0 aliphatic heterocycles. The Morgan fingerprint density at radius 1 is 1.16 bits per heavy atom. The Kier molecular flexibility index (Phi) is 7.47. The number of ether oxygens (including phenoxy) is 1. The van der Waals surface area contributed by atoms with Crippen LogP contribution < -0.4 is 14.8 Å². The lowest BCUT2D eigenvalue weighted by molar-refractivity contribution is 0.0952. The van der Waals surface area contributed by atoms with Gasteiger partial charge in [-0.05, 0) is 36.8 Å². The van der Waals surface area contributed by atoms with Gasteiger partial charge in [-0.25, -0.2) is 8.42 Å². The summed E-state index contributed by atoms with van der Waals surface area (Å²) < 4.78 is 38.4. The number of hydrogen-bond acceptors (Lipinski definition) is 7. The van der Waals surface area contributed by atoms with Crippen molar-refractivity contribution in [3.8, 4) is 5.75 Å².